The third-order valence-corrected chi connectivity index (χ3v) is 5.42. The number of ketones is 1. The summed E-state index contributed by atoms with van der Waals surface area (Å²) in [6, 6.07) is 13.9. The molecule has 2 aromatic carbocycles. The second kappa shape index (κ2) is 8.63. The molecule has 0 radical (unpaired) electrons. The molecule has 1 heterocycles. The second-order valence-electron chi connectivity index (χ2n) is 8.81. The van der Waals surface area contributed by atoms with E-state index in [1.165, 1.54) is 0 Å². The van der Waals surface area contributed by atoms with Crippen LogP contribution < -0.4 is 15.4 Å². The van der Waals surface area contributed by atoms with Gasteiger partial charge >= 0.3 is 6.03 Å². The standard InChI is InChI=1S/C25H24ClN3O3/c1-25(2,3)15-10-16(26)12-18(11-15)29-24(31)28-17-4-6-20(7-5-17)32-23-8-9-27-22-14-19(30)13-21(22)23/h4-12H,13-14H2,1-3H3,(H2,28,29,31). The minimum Gasteiger partial charge on any atom is -0.457 e. The van der Waals surface area contributed by atoms with Crippen molar-refractivity contribution in [2.45, 2.75) is 39.0 Å². The van der Waals surface area contributed by atoms with Crippen molar-refractivity contribution in [2.24, 2.45) is 0 Å². The van der Waals surface area contributed by atoms with Crippen molar-refractivity contribution in [3.63, 3.8) is 0 Å². The van der Waals surface area contributed by atoms with Crippen LogP contribution in [-0.2, 0) is 23.1 Å². The minimum atomic E-state index is -0.369. The topological polar surface area (TPSA) is 80.3 Å². The van der Waals surface area contributed by atoms with Crippen molar-refractivity contribution >= 4 is 34.8 Å². The summed E-state index contributed by atoms with van der Waals surface area (Å²) < 4.78 is 5.95. The van der Waals surface area contributed by atoms with Gasteiger partial charge in [-0.25, -0.2) is 4.79 Å². The first-order valence-corrected chi connectivity index (χ1v) is 10.7. The molecule has 0 aliphatic heterocycles. The predicted octanol–water partition coefficient (Wildman–Crippen LogP) is 6.14. The largest absolute Gasteiger partial charge is 0.457 e. The van der Waals surface area contributed by atoms with E-state index in [0.29, 0.717) is 40.7 Å². The van der Waals surface area contributed by atoms with Crippen LogP contribution in [0.3, 0.4) is 0 Å². The number of halogens is 1. The van der Waals surface area contributed by atoms with Crippen LogP contribution in [0.25, 0.3) is 0 Å². The van der Waals surface area contributed by atoms with E-state index >= 15 is 0 Å². The van der Waals surface area contributed by atoms with Crippen molar-refractivity contribution in [3.05, 3.63) is 76.6 Å². The highest BCUT2D eigenvalue weighted by Gasteiger charge is 2.23. The summed E-state index contributed by atoms with van der Waals surface area (Å²) in [5.41, 5.74) is 3.80. The van der Waals surface area contributed by atoms with Gasteiger partial charge < -0.3 is 15.4 Å². The van der Waals surface area contributed by atoms with Gasteiger partial charge in [-0.15, -0.1) is 0 Å². The molecule has 0 saturated carbocycles. The molecular weight excluding hydrogens is 426 g/mol. The van der Waals surface area contributed by atoms with Gasteiger partial charge in [-0.2, -0.15) is 0 Å². The number of rotatable bonds is 4. The Labute approximate surface area is 192 Å². The number of benzene rings is 2. The maximum atomic E-state index is 12.5. The van der Waals surface area contributed by atoms with Crippen LogP contribution in [-0.4, -0.2) is 16.8 Å². The number of nitrogens with zero attached hydrogens (tertiary/aromatic N) is 1. The zero-order chi connectivity index (χ0) is 22.9. The number of nitrogens with one attached hydrogen (secondary N) is 2. The number of amides is 2. The van der Waals surface area contributed by atoms with Crippen LogP contribution in [0.4, 0.5) is 16.2 Å². The van der Waals surface area contributed by atoms with Gasteiger partial charge in [-0.1, -0.05) is 32.4 Å². The van der Waals surface area contributed by atoms with E-state index in [-0.39, 0.29) is 17.2 Å². The van der Waals surface area contributed by atoms with Gasteiger partial charge in [0, 0.05) is 41.0 Å². The van der Waals surface area contributed by atoms with Gasteiger partial charge in [0.25, 0.3) is 0 Å². The molecule has 0 spiro atoms. The molecule has 2 N–H and O–H groups in total. The van der Waals surface area contributed by atoms with Gasteiger partial charge in [0.1, 0.15) is 17.3 Å². The number of ether oxygens (including phenoxy) is 1. The van der Waals surface area contributed by atoms with E-state index in [4.69, 9.17) is 16.3 Å². The van der Waals surface area contributed by atoms with Crippen LogP contribution >= 0.6 is 11.6 Å². The summed E-state index contributed by atoms with van der Waals surface area (Å²) in [5.74, 6) is 1.38. The van der Waals surface area contributed by atoms with E-state index in [9.17, 15) is 9.59 Å². The summed E-state index contributed by atoms with van der Waals surface area (Å²) >= 11 is 6.22. The zero-order valence-electron chi connectivity index (χ0n) is 18.2. The summed E-state index contributed by atoms with van der Waals surface area (Å²) in [7, 11) is 0. The Morgan fingerprint density at radius 2 is 1.72 bits per heavy atom. The summed E-state index contributed by atoms with van der Waals surface area (Å²) in [6.07, 6.45) is 2.35. The highest BCUT2D eigenvalue weighted by atomic mass is 35.5. The Balaban J connectivity index is 1.41. The van der Waals surface area contributed by atoms with Crippen molar-refractivity contribution in [1.29, 1.82) is 0 Å². The molecule has 1 aliphatic rings. The van der Waals surface area contributed by atoms with Crippen LogP contribution in [0, 0.1) is 0 Å². The molecule has 4 rings (SSSR count). The molecule has 6 nitrogen and oxygen atoms in total. The van der Waals surface area contributed by atoms with Crippen molar-refractivity contribution in [2.75, 3.05) is 10.6 Å². The van der Waals surface area contributed by atoms with Crippen molar-refractivity contribution in [1.82, 2.24) is 4.98 Å². The molecule has 0 bridgehead atoms. The molecule has 0 fully saturated rings. The molecule has 1 aliphatic carbocycles. The Morgan fingerprint density at radius 3 is 2.44 bits per heavy atom. The minimum absolute atomic E-state index is 0.0874. The van der Waals surface area contributed by atoms with Gasteiger partial charge in [-0.3, -0.25) is 9.78 Å². The number of pyridine rings is 1. The average Bonchev–Trinajstić information content (AvgIpc) is 3.09. The van der Waals surface area contributed by atoms with E-state index in [0.717, 1.165) is 16.8 Å². The van der Waals surface area contributed by atoms with E-state index in [1.807, 2.05) is 12.1 Å². The molecule has 164 valence electrons. The first-order chi connectivity index (χ1) is 15.2. The van der Waals surface area contributed by atoms with E-state index < -0.39 is 0 Å². The Bertz CT molecular complexity index is 1180. The molecule has 1 aromatic heterocycles. The number of Topliss-reactive ketones (excluding diaryl/α,β-unsaturated/α-hetero) is 1. The lowest BCUT2D eigenvalue weighted by Gasteiger charge is -2.20. The third-order valence-electron chi connectivity index (χ3n) is 5.20. The number of hydrogen-bond acceptors (Lipinski definition) is 4. The van der Waals surface area contributed by atoms with Gasteiger partial charge in [0.05, 0.1) is 5.69 Å². The first kappa shape index (κ1) is 21.8. The number of anilines is 2. The molecule has 32 heavy (non-hydrogen) atoms. The highest BCUT2D eigenvalue weighted by molar-refractivity contribution is 6.31. The SMILES string of the molecule is CC(C)(C)c1cc(Cl)cc(NC(=O)Nc2ccc(Oc3ccnc4c3CC(=O)C4)cc2)c1. The van der Waals surface area contributed by atoms with Crippen LogP contribution in [0.1, 0.15) is 37.6 Å². The molecule has 7 heteroatoms. The van der Waals surface area contributed by atoms with E-state index in [1.54, 1.807) is 42.6 Å². The fourth-order valence-electron chi connectivity index (χ4n) is 3.52. The number of carbonyl (C=O) groups is 2. The Morgan fingerprint density at radius 1 is 1.00 bits per heavy atom. The molecule has 0 unspecified atom stereocenters. The first-order valence-electron chi connectivity index (χ1n) is 10.3. The van der Waals surface area contributed by atoms with Crippen LogP contribution in [0.15, 0.2) is 54.7 Å². The number of urea groups is 1. The maximum Gasteiger partial charge on any atom is 0.323 e. The zero-order valence-corrected chi connectivity index (χ0v) is 18.9. The summed E-state index contributed by atoms with van der Waals surface area (Å²) in [6.45, 7) is 6.26. The second-order valence-corrected chi connectivity index (χ2v) is 9.25. The molecule has 2 amide bonds. The monoisotopic (exact) mass is 449 g/mol. The lowest BCUT2D eigenvalue weighted by Crippen LogP contribution is -2.20. The normalized spacial score (nSPS) is 12.9. The third kappa shape index (κ3) is 5.08. The van der Waals surface area contributed by atoms with Crippen molar-refractivity contribution < 1.29 is 14.3 Å². The van der Waals surface area contributed by atoms with Crippen LogP contribution in [0.5, 0.6) is 11.5 Å². The number of fused-ring (bicyclic) bond motifs is 1. The molecular formula is C25H24ClN3O3. The molecule has 0 atom stereocenters. The van der Waals surface area contributed by atoms with Crippen LogP contribution in [0.2, 0.25) is 5.02 Å². The molecule has 3 aromatic rings. The quantitative estimate of drug-likeness (QED) is 0.501. The van der Waals surface area contributed by atoms with Gasteiger partial charge in [0.15, 0.2) is 0 Å². The maximum absolute atomic E-state index is 12.5. The van der Waals surface area contributed by atoms with Gasteiger partial charge in [0.2, 0.25) is 0 Å². The summed E-state index contributed by atoms with van der Waals surface area (Å²) in [5, 5.41) is 6.20. The average molecular weight is 450 g/mol. The predicted molar refractivity (Wildman–Crippen MR) is 126 cm³/mol. The fraction of sp³-hybridized carbons (Fsp3) is 0.240. The van der Waals surface area contributed by atoms with Crippen molar-refractivity contribution in [3.8, 4) is 11.5 Å². The fourth-order valence-corrected chi connectivity index (χ4v) is 3.76. The number of carbonyl (C=O) groups excluding carboxylic acids is 2. The lowest BCUT2D eigenvalue weighted by molar-refractivity contribution is -0.117. The van der Waals surface area contributed by atoms with E-state index in [2.05, 4.69) is 36.4 Å². The Hall–Kier alpha value is -3.38. The summed E-state index contributed by atoms with van der Waals surface area (Å²) in [4.78, 5) is 28.4. The number of hydrogen-bond donors (Lipinski definition) is 2. The smallest absolute Gasteiger partial charge is 0.323 e. The molecule has 0 saturated heterocycles. The Kier molecular flexibility index (Phi) is 5.89. The van der Waals surface area contributed by atoms with Gasteiger partial charge in [-0.05, 0) is 59.5 Å². The highest BCUT2D eigenvalue weighted by Crippen LogP contribution is 2.32. The lowest BCUT2D eigenvalue weighted by atomic mass is 9.87. The number of aromatic nitrogens is 1.